The van der Waals surface area contributed by atoms with Crippen LogP contribution in [0.5, 0.6) is 0 Å². The number of fused-ring (bicyclic) bond motifs is 2. The van der Waals surface area contributed by atoms with Gasteiger partial charge in [-0.05, 0) is 37.0 Å². The highest BCUT2D eigenvalue weighted by atomic mass is 35.5. The van der Waals surface area contributed by atoms with Gasteiger partial charge in [-0.25, -0.2) is 9.78 Å². The molecule has 6 rings (SSSR count). The lowest BCUT2D eigenvalue weighted by Gasteiger charge is -2.61. The second kappa shape index (κ2) is 8.48. The third-order valence-electron chi connectivity index (χ3n) is 6.26. The van der Waals surface area contributed by atoms with E-state index in [4.69, 9.17) is 16.0 Å². The third-order valence-corrected chi connectivity index (χ3v) is 6.59. The van der Waals surface area contributed by atoms with Gasteiger partial charge in [0.1, 0.15) is 18.5 Å². The average Bonchev–Trinajstić information content (AvgIpc) is 3.42. The number of carbonyl (C=O) groups excluding carboxylic acids is 1. The molecule has 2 aliphatic heterocycles. The molecular formula is C21H21ClF3N7O3. The topological polar surface area (TPSA) is 111 Å². The summed E-state index contributed by atoms with van der Waals surface area (Å²) < 4.78 is 48.0. The SMILES string of the molecule is C[C@@H]1C[C@@H]2C[C@](c3nnc(COC(F)(F)F)o3)(C1)N2C(=O)Nc1ccc(Cl)c(-c2ncn(C)n2)c1. The van der Waals surface area contributed by atoms with E-state index in [1.54, 1.807) is 41.2 Å². The van der Waals surface area contributed by atoms with Crippen molar-refractivity contribution in [1.29, 1.82) is 0 Å². The predicted molar refractivity (Wildman–Crippen MR) is 116 cm³/mol. The number of urea groups is 1. The number of alkyl halides is 3. The number of anilines is 1. The highest BCUT2D eigenvalue weighted by Gasteiger charge is 2.62. The zero-order valence-corrected chi connectivity index (χ0v) is 19.5. The van der Waals surface area contributed by atoms with Gasteiger partial charge in [-0.1, -0.05) is 18.5 Å². The van der Waals surface area contributed by atoms with Crippen LogP contribution in [0, 0.1) is 5.92 Å². The maximum absolute atomic E-state index is 13.4. The lowest BCUT2D eigenvalue weighted by atomic mass is 9.64. The third kappa shape index (κ3) is 4.45. The Hall–Kier alpha value is -3.19. The molecule has 3 atom stereocenters. The van der Waals surface area contributed by atoms with E-state index in [-0.39, 0.29) is 29.8 Å². The zero-order chi connectivity index (χ0) is 25.0. The Morgan fingerprint density at radius 1 is 1.34 bits per heavy atom. The Labute approximate surface area is 202 Å². The fraction of sp³-hybridized carbons (Fsp3) is 0.476. The summed E-state index contributed by atoms with van der Waals surface area (Å²) in [5, 5.41) is 15.2. The first-order valence-electron chi connectivity index (χ1n) is 10.8. The van der Waals surface area contributed by atoms with E-state index in [9.17, 15) is 18.0 Å². The number of halogens is 4. The van der Waals surface area contributed by atoms with Crippen LogP contribution in [0.25, 0.3) is 11.4 Å². The molecule has 1 aliphatic carbocycles. The summed E-state index contributed by atoms with van der Waals surface area (Å²) in [7, 11) is 1.73. The van der Waals surface area contributed by atoms with E-state index < -0.39 is 18.5 Å². The van der Waals surface area contributed by atoms with Crippen molar-refractivity contribution in [2.24, 2.45) is 13.0 Å². The quantitative estimate of drug-likeness (QED) is 0.537. The molecule has 3 fully saturated rings. The number of amides is 2. The number of nitrogens with one attached hydrogen (secondary N) is 1. The van der Waals surface area contributed by atoms with Gasteiger partial charge in [-0.15, -0.1) is 23.4 Å². The first kappa shape index (κ1) is 23.5. The van der Waals surface area contributed by atoms with Crippen molar-refractivity contribution in [2.45, 2.75) is 50.7 Å². The molecule has 1 aromatic carbocycles. The number of hydrogen-bond acceptors (Lipinski definition) is 7. The lowest BCUT2D eigenvalue weighted by Crippen LogP contribution is -2.70. The van der Waals surface area contributed by atoms with Crippen LogP contribution in [-0.2, 0) is 23.9 Å². The Bertz CT molecular complexity index is 1260. The molecule has 4 heterocycles. The molecule has 0 unspecified atom stereocenters. The number of aryl methyl sites for hydroxylation is 1. The van der Waals surface area contributed by atoms with Gasteiger partial charge >= 0.3 is 12.4 Å². The maximum atomic E-state index is 13.4. The summed E-state index contributed by atoms with van der Waals surface area (Å²) in [6.07, 6.45) is -1.36. The summed E-state index contributed by atoms with van der Waals surface area (Å²) in [5.41, 5.74) is 0.150. The number of carbonyl (C=O) groups is 1. The van der Waals surface area contributed by atoms with E-state index in [0.717, 1.165) is 6.42 Å². The Balaban J connectivity index is 1.37. The van der Waals surface area contributed by atoms with E-state index in [0.29, 0.717) is 34.9 Å². The first-order valence-corrected chi connectivity index (χ1v) is 11.2. The first-order chi connectivity index (χ1) is 16.5. The van der Waals surface area contributed by atoms with Gasteiger partial charge in [-0.3, -0.25) is 9.42 Å². The van der Waals surface area contributed by atoms with Crippen molar-refractivity contribution in [3.63, 3.8) is 0 Å². The van der Waals surface area contributed by atoms with Crippen molar-refractivity contribution < 1.29 is 27.1 Å². The molecule has 2 amide bonds. The Morgan fingerprint density at radius 3 is 2.86 bits per heavy atom. The monoisotopic (exact) mass is 511 g/mol. The standard InChI is InChI=1S/C21H21ClF3N7O3/c1-11-5-13-8-20(7-11,18-29-28-16(35-18)9-34-21(23,24)25)32(13)19(33)27-12-3-4-15(22)14(6-12)17-26-10-31(2)30-17/h3-4,6,10-11,13H,5,7-9H2,1-2H3,(H,27,33)/t11-,13-,20+/m1/s1. The van der Waals surface area contributed by atoms with Crippen LogP contribution in [0.2, 0.25) is 5.02 Å². The van der Waals surface area contributed by atoms with E-state index >= 15 is 0 Å². The number of ether oxygens (including phenoxy) is 1. The minimum absolute atomic E-state index is 0.0650. The van der Waals surface area contributed by atoms with Gasteiger partial charge in [0.05, 0.1) is 5.02 Å². The van der Waals surface area contributed by atoms with Crippen LogP contribution in [0.3, 0.4) is 0 Å². The predicted octanol–water partition coefficient (Wildman–Crippen LogP) is 4.49. The molecule has 0 spiro atoms. The lowest BCUT2D eigenvalue weighted by molar-refractivity contribution is -0.332. The molecule has 3 aromatic rings. The molecule has 186 valence electrons. The Kier molecular flexibility index (Phi) is 5.71. The molecule has 3 aliphatic rings. The minimum Gasteiger partial charge on any atom is -0.420 e. The zero-order valence-electron chi connectivity index (χ0n) is 18.7. The highest BCUT2D eigenvalue weighted by Crippen LogP contribution is 2.55. The van der Waals surface area contributed by atoms with Crippen LogP contribution in [0.15, 0.2) is 28.9 Å². The fourth-order valence-corrected chi connectivity index (χ4v) is 5.22. The minimum atomic E-state index is -4.82. The highest BCUT2D eigenvalue weighted by molar-refractivity contribution is 6.33. The van der Waals surface area contributed by atoms with Gasteiger partial charge in [0.2, 0.25) is 11.8 Å². The van der Waals surface area contributed by atoms with E-state index in [1.165, 1.54) is 0 Å². The summed E-state index contributed by atoms with van der Waals surface area (Å²) in [6.45, 7) is 1.15. The molecule has 35 heavy (non-hydrogen) atoms. The van der Waals surface area contributed by atoms with Gasteiger partial charge in [0.15, 0.2) is 5.82 Å². The number of nitrogens with zero attached hydrogens (tertiary/aromatic N) is 6. The van der Waals surface area contributed by atoms with E-state index in [1.807, 2.05) is 6.92 Å². The van der Waals surface area contributed by atoms with Gasteiger partial charge < -0.3 is 14.6 Å². The van der Waals surface area contributed by atoms with E-state index in [2.05, 4.69) is 30.3 Å². The van der Waals surface area contributed by atoms with Crippen LogP contribution in [0.4, 0.5) is 23.7 Å². The van der Waals surface area contributed by atoms with Crippen LogP contribution >= 0.6 is 11.6 Å². The molecule has 0 radical (unpaired) electrons. The van der Waals surface area contributed by atoms with Gasteiger partial charge in [0.25, 0.3) is 0 Å². The number of aromatic nitrogens is 5. The molecule has 10 nitrogen and oxygen atoms in total. The van der Waals surface area contributed by atoms with Crippen molar-refractivity contribution >= 4 is 23.3 Å². The summed E-state index contributed by atoms with van der Waals surface area (Å²) in [4.78, 5) is 19.2. The van der Waals surface area contributed by atoms with Crippen molar-refractivity contribution in [3.8, 4) is 11.4 Å². The van der Waals surface area contributed by atoms with Crippen molar-refractivity contribution in [2.75, 3.05) is 5.32 Å². The van der Waals surface area contributed by atoms with Crippen molar-refractivity contribution in [3.05, 3.63) is 41.3 Å². The molecule has 2 aromatic heterocycles. The molecule has 1 N–H and O–H groups in total. The second-order valence-electron chi connectivity index (χ2n) is 8.91. The van der Waals surface area contributed by atoms with Crippen LogP contribution in [0.1, 0.15) is 38.0 Å². The molecule has 2 saturated heterocycles. The molecule has 1 saturated carbocycles. The van der Waals surface area contributed by atoms with Gasteiger partial charge in [-0.2, -0.15) is 5.10 Å². The normalized spacial score (nSPS) is 23.8. The number of benzene rings is 1. The fourth-order valence-electron chi connectivity index (χ4n) is 5.01. The molecule has 2 bridgehead atoms. The van der Waals surface area contributed by atoms with Crippen LogP contribution in [-0.4, -0.2) is 48.3 Å². The number of rotatable bonds is 5. The molecule has 14 heteroatoms. The van der Waals surface area contributed by atoms with Crippen LogP contribution < -0.4 is 5.32 Å². The summed E-state index contributed by atoms with van der Waals surface area (Å²) in [6, 6.07) is 4.53. The summed E-state index contributed by atoms with van der Waals surface area (Å²) >= 11 is 6.31. The second-order valence-corrected chi connectivity index (χ2v) is 9.31. The maximum Gasteiger partial charge on any atom is 0.523 e. The van der Waals surface area contributed by atoms with Crippen molar-refractivity contribution in [1.82, 2.24) is 29.9 Å². The largest absolute Gasteiger partial charge is 0.523 e. The number of hydrogen-bond donors (Lipinski definition) is 1. The number of piperidine rings is 1. The smallest absolute Gasteiger partial charge is 0.420 e. The summed E-state index contributed by atoms with van der Waals surface area (Å²) in [5.74, 6) is 0.473. The average molecular weight is 512 g/mol. The van der Waals surface area contributed by atoms with Gasteiger partial charge in [0, 0.05) is 30.8 Å². The Morgan fingerprint density at radius 2 is 2.14 bits per heavy atom. The molecular weight excluding hydrogens is 491 g/mol.